The highest BCUT2D eigenvalue weighted by Crippen LogP contribution is 2.24. The maximum Gasteiger partial charge on any atom is 0.322 e. The third-order valence-corrected chi connectivity index (χ3v) is 4.02. The number of carbonyl (C=O) groups excluding carboxylic acids is 1. The van der Waals surface area contributed by atoms with Crippen LogP contribution in [0.4, 0.5) is 10.5 Å². The lowest BCUT2D eigenvalue weighted by molar-refractivity contribution is 0.0811. The number of ether oxygens (including phenoxy) is 1. The van der Waals surface area contributed by atoms with Gasteiger partial charge in [-0.05, 0) is 30.9 Å². The molecule has 5 nitrogen and oxygen atoms in total. The lowest BCUT2D eigenvalue weighted by atomic mass is 9.91. The molecule has 120 valence electrons. The molecule has 2 N–H and O–H groups in total. The van der Waals surface area contributed by atoms with Crippen molar-refractivity contribution in [3.8, 4) is 5.75 Å². The largest absolute Gasteiger partial charge is 0.489 e. The van der Waals surface area contributed by atoms with E-state index in [0.29, 0.717) is 30.5 Å². The summed E-state index contributed by atoms with van der Waals surface area (Å²) < 4.78 is 5.46. The Kier molecular flexibility index (Phi) is 5.83. The predicted molar refractivity (Wildman–Crippen MR) is 87.1 cm³/mol. The van der Waals surface area contributed by atoms with Crippen molar-refractivity contribution in [3.63, 3.8) is 0 Å². The van der Waals surface area contributed by atoms with Gasteiger partial charge in [0.15, 0.2) is 0 Å². The molecule has 0 saturated carbocycles. The van der Waals surface area contributed by atoms with E-state index in [0.717, 1.165) is 12.8 Å². The smallest absolute Gasteiger partial charge is 0.322 e. The number of hydrogen-bond donors (Lipinski definition) is 2. The number of hydrogen-bond acceptors (Lipinski definition) is 3. The fraction of sp³-hybridized carbons (Fsp3) is 0.471. The predicted octanol–water partition coefficient (Wildman–Crippen LogP) is 2.88. The highest BCUT2D eigenvalue weighted by molar-refractivity contribution is 5.89. The number of aliphatic hydroxyl groups excluding tert-OH is 1. The maximum absolute atomic E-state index is 12.5. The standard InChI is InChI=1S/C17H24N2O3/c1-3-10-22-15-8-4-7-14(11-15)18-17(21)19-9-5-6-13(2)16(19)12-20/h3-4,7-8,11,13,16,20H,1,5-6,9-10,12H2,2H3,(H,18,21). The molecule has 1 aliphatic rings. The van der Waals surface area contributed by atoms with Crippen molar-refractivity contribution < 1.29 is 14.6 Å². The second-order valence-corrected chi connectivity index (χ2v) is 5.62. The molecule has 1 saturated heterocycles. The lowest BCUT2D eigenvalue weighted by Gasteiger charge is -2.38. The van der Waals surface area contributed by atoms with Crippen molar-refractivity contribution in [2.24, 2.45) is 5.92 Å². The van der Waals surface area contributed by atoms with E-state index in [4.69, 9.17) is 4.74 Å². The second kappa shape index (κ2) is 7.84. The first kappa shape index (κ1) is 16.4. The van der Waals surface area contributed by atoms with Crippen LogP contribution in [0.1, 0.15) is 19.8 Å². The van der Waals surface area contributed by atoms with Crippen molar-refractivity contribution >= 4 is 11.7 Å². The lowest BCUT2D eigenvalue weighted by Crippen LogP contribution is -2.51. The zero-order chi connectivity index (χ0) is 15.9. The normalized spacial score (nSPS) is 21.3. The van der Waals surface area contributed by atoms with E-state index in [-0.39, 0.29) is 18.7 Å². The number of benzene rings is 1. The van der Waals surface area contributed by atoms with Crippen LogP contribution in [0, 0.1) is 5.92 Å². The van der Waals surface area contributed by atoms with Crippen molar-refractivity contribution in [1.29, 1.82) is 0 Å². The number of amides is 2. The van der Waals surface area contributed by atoms with Crippen LogP contribution in [0.3, 0.4) is 0 Å². The Bertz CT molecular complexity index is 518. The summed E-state index contributed by atoms with van der Waals surface area (Å²) in [6.07, 6.45) is 3.68. The van der Waals surface area contributed by atoms with E-state index in [1.54, 1.807) is 17.0 Å². The third kappa shape index (κ3) is 4.01. The van der Waals surface area contributed by atoms with Crippen LogP contribution < -0.4 is 10.1 Å². The summed E-state index contributed by atoms with van der Waals surface area (Å²) in [5.41, 5.74) is 0.682. The minimum Gasteiger partial charge on any atom is -0.489 e. The molecule has 2 atom stereocenters. The molecule has 5 heteroatoms. The van der Waals surface area contributed by atoms with Crippen LogP contribution in [0.2, 0.25) is 0 Å². The minimum atomic E-state index is -0.175. The number of nitrogens with zero attached hydrogens (tertiary/aromatic N) is 1. The van der Waals surface area contributed by atoms with Crippen molar-refractivity contribution in [3.05, 3.63) is 36.9 Å². The van der Waals surface area contributed by atoms with Gasteiger partial charge in [-0.25, -0.2) is 4.79 Å². The molecule has 0 bridgehead atoms. The first-order chi connectivity index (χ1) is 10.7. The molecule has 1 fully saturated rings. The van der Waals surface area contributed by atoms with E-state index in [1.807, 2.05) is 18.2 Å². The monoisotopic (exact) mass is 304 g/mol. The molecule has 2 unspecified atom stereocenters. The summed E-state index contributed by atoms with van der Waals surface area (Å²) in [6, 6.07) is 6.97. The Morgan fingerprint density at radius 2 is 2.41 bits per heavy atom. The van der Waals surface area contributed by atoms with Gasteiger partial charge in [-0.3, -0.25) is 0 Å². The zero-order valence-corrected chi connectivity index (χ0v) is 13.0. The summed E-state index contributed by atoms with van der Waals surface area (Å²) in [4.78, 5) is 14.2. The van der Waals surface area contributed by atoms with Gasteiger partial charge in [-0.1, -0.05) is 25.6 Å². The Labute approximate surface area is 131 Å². The summed E-state index contributed by atoms with van der Waals surface area (Å²) in [7, 11) is 0. The van der Waals surface area contributed by atoms with Gasteiger partial charge >= 0.3 is 6.03 Å². The molecule has 2 amide bonds. The first-order valence-electron chi connectivity index (χ1n) is 7.68. The highest BCUT2D eigenvalue weighted by Gasteiger charge is 2.31. The van der Waals surface area contributed by atoms with Gasteiger partial charge in [0.2, 0.25) is 0 Å². The molecule has 1 aromatic rings. The molecule has 1 aliphatic heterocycles. The Balaban J connectivity index is 2.03. The summed E-state index contributed by atoms with van der Waals surface area (Å²) >= 11 is 0. The Morgan fingerprint density at radius 3 is 3.14 bits per heavy atom. The maximum atomic E-state index is 12.5. The first-order valence-corrected chi connectivity index (χ1v) is 7.68. The van der Waals surface area contributed by atoms with Gasteiger partial charge < -0.3 is 20.1 Å². The average Bonchev–Trinajstić information content (AvgIpc) is 2.53. The van der Waals surface area contributed by atoms with Crippen LogP contribution in [0.25, 0.3) is 0 Å². The summed E-state index contributed by atoms with van der Waals surface area (Å²) in [5, 5.41) is 12.4. The molecule has 1 aromatic carbocycles. The molecular formula is C17H24N2O3. The molecule has 0 spiro atoms. The summed E-state index contributed by atoms with van der Waals surface area (Å²) in [5.74, 6) is 0.996. The van der Waals surface area contributed by atoms with E-state index in [1.165, 1.54) is 0 Å². The molecule has 0 aromatic heterocycles. The van der Waals surface area contributed by atoms with Crippen molar-refractivity contribution in [1.82, 2.24) is 4.90 Å². The summed E-state index contributed by atoms with van der Waals surface area (Å²) in [6.45, 7) is 6.78. The van der Waals surface area contributed by atoms with E-state index < -0.39 is 0 Å². The molecule has 1 heterocycles. The van der Waals surface area contributed by atoms with Gasteiger partial charge in [0.1, 0.15) is 12.4 Å². The second-order valence-electron chi connectivity index (χ2n) is 5.62. The van der Waals surface area contributed by atoms with Gasteiger partial charge in [-0.2, -0.15) is 0 Å². The number of rotatable bonds is 5. The fourth-order valence-corrected chi connectivity index (χ4v) is 2.79. The number of piperidine rings is 1. The van der Waals surface area contributed by atoms with Crippen LogP contribution in [0.5, 0.6) is 5.75 Å². The number of nitrogens with one attached hydrogen (secondary N) is 1. The van der Waals surface area contributed by atoms with Crippen LogP contribution in [0.15, 0.2) is 36.9 Å². The van der Waals surface area contributed by atoms with Crippen LogP contribution in [-0.2, 0) is 0 Å². The Morgan fingerprint density at radius 1 is 1.59 bits per heavy atom. The minimum absolute atomic E-state index is 0.00290. The third-order valence-electron chi connectivity index (χ3n) is 4.02. The number of anilines is 1. The van der Waals surface area contributed by atoms with E-state index in [9.17, 15) is 9.90 Å². The molecule has 2 rings (SSSR count). The molecule has 0 radical (unpaired) electrons. The van der Waals surface area contributed by atoms with E-state index in [2.05, 4.69) is 18.8 Å². The Hall–Kier alpha value is -2.01. The van der Waals surface area contributed by atoms with Crippen LogP contribution in [-0.4, -0.2) is 41.8 Å². The molecule has 0 aliphatic carbocycles. The zero-order valence-electron chi connectivity index (χ0n) is 13.0. The van der Waals surface area contributed by atoms with Gasteiger partial charge in [0, 0.05) is 18.3 Å². The topological polar surface area (TPSA) is 61.8 Å². The fourth-order valence-electron chi connectivity index (χ4n) is 2.79. The average molecular weight is 304 g/mol. The number of aliphatic hydroxyl groups is 1. The van der Waals surface area contributed by atoms with Gasteiger partial charge in [-0.15, -0.1) is 0 Å². The van der Waals surface area contributed by atoms with E-state index >= 15 is 0 Å². The highest BCUT2D eigenvalue weighted by atomic mass is 16.5. The van der Waals surface area contributed by atoms with Gasteiger partial charge in [0.05, 0.1) is 12.6 Å². The molecule has 22 heavy (non-hydrogen) atoms. The SMILES string of the molecule is C=CCOc1cccc(NC(=O)N2CCCC(C)C2CO)c1. The molecular weight excluding hydrogens is 280 g/mol. The van der Waals surface area contributed by atoms with Crippen molar-refractivity contribution in [2.75, 3.05) is 25.1 Å². The van der Waals surface area contributed by atoms with Crippen molar-refractivity contribution in [2.45, 2.75) is 25.8 Å². The number of carbonyl (C=O) groups is 1. The number of urea groups is 1. The number of likely N-dealkylation sites (tertiary alicyclic amines) is 1. The van der Waals surface area contributed by atoms with Crippen LogP contribution >= 0.6 is 0 Å². The van der Waals surface area contributed by atoms with Gasteiger partial charge in [0.25, 0.3) is 0 Å². The quantitative estimate of drug-likeness (QED) is 0.822.